The summed E-state index contributed by atoms with van der Waals surface area (Å²) < 4.78 is 11.2. The molecule has 0 saturated heterocycles. The maximum absolute atomic E-state index is 12.4. The summed E-state index contributed by atoms with van der Waals surface area (Å²) in [6.07, 6.45) is 0. The summed E-state index contributed by atoms with van der Waals surface area (Å²) >= 11 is 12.1. The second kappa shape index (κ2) is 9.49. The molecule has 1 N–H and O–H groups in total. The zero-order valence-electron chi connectivity index (χ0n) is 15.2. The van der Waals surface area contributed by atoms with Gasteiger partial charge in [-0.15, -0.1) is 0 Å². The van der Waals surface area contributed by atoms with Crippen LogP contribution in [-0.2, 0) is 13.2 Å². The van der Waals surface area contributed by atoms with E-state index in [9.17, 15) is 4.79 Å². The van der Waals surface area contributed by atoms with E-state index in [0.717, 1.165) is 11.1 Å². The Morgan fingerprint density at radius 3 is 2.46 bits per heavy atom. The Balaban J connectivity index is 1.66. The van der Waals surface area contributed by atoms with E-state index in [1.807, 2.05) is 36.4 Å². The van der Waals surface area contributed by atoms with Crippen molar-refractivity contribution in [1.82, 2.24) is 5.32 Å². The molecule has 3 rings (SSSR count). The lowest BCUT2D eigenvalue weighted by molar-refractivity contribution is 0.0950. The van der Waals surface area contributed by atoms with Crippen molar-refractivity contribution in [2.75, 3.05) is 7.11 Å². The number of nitrogens with one attached hydrogen (secondary N) is 1. The van der Waals surface area contributed by atoms with Crippen LogP contribution in [0, 0.1) is 0 Å². The molecule has 6 heteroatoms. The van der Waals surface area contributed by atoms with Crippen molar-refractivity contribution in [2.45, 2.75) is 13.2 Å². The van der Waals surface area contributed by atoms with E-state index in [1.54, 1.807) is 30.3 Å². The topological polar surface area (TPSA) is 47.6 Å². The summed E-state index contributed by atoms with van der Waals surface area (Å²) in [6, 6.07) is 20.0. The Hall–Kier alpha value is -2.69. The minimum absolute atomic E-state index is 0.186. The predicted octanol–water partition coefficient (Wildman–Crippen LogP) is 5.51. The smallest absolute Gasteiger partial charge is 0.251 e. The van der Waals surface area contributed by atoms with Gasteiger partial charge in [0.15, 0.2) is 11.5 Å². The van der Waals surface area contributed by atoms with Gasteiger partial charge in [0.2, 0.25) is 0 Å². The van der Waals surface area contributed by atoms with Gasteiger partial charge in [0, 0.05) is 27.7 Å². The highest BCUT2D eigenvalue weighted by atomic mass is 35.5. The standard InChI is InChI=1S/C22H19Cl2NO3/c1-27-21-11-16(22(26)25-13-15-5-3-2-4-6-15)8-10-20(21)28-14-17-7-9-18(23)12-19(17)24/h2-12H,13-14H2,1H3,(H,25,26). The molecule has 0 bridgehead atoms. The Morgan fingerprint density at radius 2 is 1.75 bits per heavy atom. The van der Waals surface area contributed by atoms with E-state index >= 15 is 0 Å². The van der Waals surface area contributed by atoms with Gasteiger partial charge in [-0.2, -0.15) is 0 Å². The fourth-order valence-corrected chi connectivity index (χ4v) is 3.07. The molecule has 3 aromatic carbocycles. The van der Waals surface area contributed by atoms with Crippen molar-refractivity contribution < 1.29 is 14.3 Å². The van der Waals surface area contributed by atoms with E-state index in [1.165, 1.54) is 7.11 Å². The number of hydrogen-bond donors (Lipinski definition) is 1. The van der Waals surface area contributed by atoms with Crippen LogP contribution in [-0.4, -0.2) is 13.0 Å². The van der Waals surface area contributed by atoms with Crippen LogP contribution in [0.25, 0.3) is 0 Å². The lowest BCUT2D eigenvalue weighted by atomic mass is 10.1. The second-order valence-electron chi connectivity index (χ2n) is 6.06. The molecular weight excluding hydrogens is 397 g/mol. The van der Waals surface area contributed by atoms with Crippen molar-refractivity contribution >= 4 is 29.1 Å². The van der Waals surface area contributed by atoms with Crippen LogP contribution in [0.4, 0.5) is 0 Å². The van der Waals surface area contributed by atoms with Crippen molar-refractivity contribution in [3.8, 4) is 11.5 Å². The number of amides is 1. The van der Waals surface area contributed by atoms with Crippen molar-refractivity contribution in [2.24, 2.45) is 0 Å². The monoisotopic (exact) mass is 415 g/mol. The first-order chi connectivity index (χ1) is 13.6. The SMILES string of the molecule is COc1cc(C(=O)NCc2ccccc2)ccc1OCc1ccc(Cl)cc1Cl. The van der Waals surface area contributed by atoms with Crippen LogP contribution in [0.3, 0.4) is 0 Å². The minimum atomic E-state index is -0.186. The maximum atomic E-state index is 12.4. The number of carbonyl (C=O) groups excluding carboxylic acids is 1. The van der Waals surface area contributed by atoms with Crippen LogP contribution < -0.4 is 14.8 Å². The minimum Gasteiger partial charge on any atom is -0.493 e. The van der Waals surface area contributed by atoms with Crippen LogP contribution in [0.1, 0.15) is 21.5 Å². The number of rotatable bonds is 7. The van der Waals surface area contributed by atoms with Crippen LogP contribution in [0.15, 0.2) is 66.7 Å². The molecule has 0 aromatic heterocycles. The van der Waals surface area contributed by atoms with Gasteiger partial charge in [0.05, 0.1) is 7.11 Å². The summed E-state index contributed by atoms with van der Waals surface area (Å²) in [6.45, 7) is 0.710. The second-order valence-corrected chi connectivity index (χ2v) is 6.90. The third kappa shape index (κ3) is 5.18. The lowest BCUT2D eigenvalue weighted by Crippen LogP contribution is -2.22. The highest BCUT2D eigenvalue weighted by Crippen LogP contribution is 2.30. The normalized spacial score (nSPS) is 10.4. The molecule has 144 valence electrons. The van der Waals surface area contributed by atoms with E-state index in [2.05, 4.69) is 5.32 Å². The molecule has 0 spiro atoms. The summed E-state index contributed by atoms with van der Waals surface area (Å²) in [5.74, 6) is 0.806. The van der Waals surface area contributed by atoms with Gasteiger partial charge >= 0.3 is 0 Å². The first kappa shape index (κ1) is 20.1. The molecule has 0 aliphatic rings. The number of ether oxygens (including phenoxy) is 2. The molecule has 0 saturated carbocycles. The molecular formula is C22H19Cl2NO3. The third-order valence-corrected chi connectivity index (χ3v) is 4.71. The first-order valence-electron chi connectivity index (χ1n) is 8.63. The maximum Gasteiger partial charge on any atom is 0.251 e. The summed E-state index contributed by atoms with van der Waals surface area (Å²) in [5, 5.41) is 3.99. The zero-order valence-corrected chi connectivity index (χ0v) is 16.8. The van der Waals surface area contributed by atoms with Crippen molar-refractivity contribution in [3.05, 3.63) is 93.5 Å². The van der Waals surface area contributed by atoms with Crippen molar-refractivity contribution in [1.29, 1.82) is 0 Å². The third-order valence-electron chi connectivity index (χ3n) is 4.12. The number of hydrogen-bond acceptors (Lipinski definition) is 3. The highest BCUT2D eigenvalue weighted by molar-refractivity contribution is 6.35. The quantitative estimate of drug-likeness (QED) is 0.553. The number of methoxy groups -OCH3 is 1. The molecule has 0 aliphatic heterocycles. The van der Waals surface area contributed by atoms with E-state index in [4.69, 9.17) is 32.7 Å². The summed E-state index contributed by atoms with van der Waals surface area (Å²) in [5.41, 5.74) is 2.32. The molecule has 4 nitrogen and oxygen atoms in total. The average Bonchev–Trinajstić information content (AvgIpc) is 2.72. The molecule has 1 amide bonds. The average molecular weight is 416 g/mol. The summed E-state index contributed by atoms with van der Waals surface area (Å²) in [7, 11) is 1.53. The van der Waals surface area contributed by atoms with Crippen LogP contribution in [0.2, 0.25) is 10.0 Å². The number of benzene rings is 3. The predicted molar refractivity (Wildman–Crippen MR) is 111 cm³/mol. The number of halogens is 2. The largest absolute Gasteiger partial charge is 0.493 e. The fraction of sp³-hybridized carbons (Fsp3) is 0.136. The fourth-order valence-electron chi connectivity index (χ4n) is 2.60. The Bertz CT molecular complexity index is 961. The van der Waals surface area contributed by atoms with E-state index in [-0.39, 0.29) is 12.5 Å². The Labute approximate surface area is 174 Å². The Morgan fingerprint density at radius 1 is 0.964 bits per heavy atom. The van der Waals surface area contributed by atoms with Crippen LogP contribution >= 0.6 is 23.2 Å². The molecule has 28 heavy (non-hydrogen) atoms. The summed E-state index contributed by atoms with van der Waals surface area (Å²) in [4.78, 5) is 12.4. The molecule has 3 aromatic rings. The van der Waals surface area contributed by atoms with E-state index in [0.29, 0.717) is 33.7 Å². The molecule has 0 unspecified atom stereocenters. The molecule has 0 atom stereocenters. The Kier molecular flexibility index (Phi) is 6.80. The molecule has 0 heterocycles. The van der Waals surface area contributed by atoms with Gasteiger partial charge in [-0.25, -0.2) is 0 Å². The van der Waals surface area contributed by atoms with Gasteiger partial charge < -0.3 is 14.8 Å². The van der Waals surface area contributed by atoms with Gasteiger partial charge in [-0.3, -0.25) is 4.79 Å². The van der Waals surface area contributed by atoms with Crippen molar-refractivity contribution in [3.63, 3.8) is 0 Å². The molecule has 0 aliphatic carbocycles. The molecule has 0 fully saturated rings. The van der Waals surface area contributed by atoms with E-state index < -0.39 is 0 Å². The zero-order chi connectivity index (χ0) is 19.9. The highest BCUT2D eigenvalue weighted by Gasteiger charge is 2.12. The van der Waals surface area contributed by atoms with Gasteiger partial charge in [0.25, 0.3) is 5.91 Å². The van der Waals surface area contributed by atoms with Gasteiger partial charge in [-0.1, -0.05) is 59.6 Å². The lowest BCUT2D eigenvalue weighted by Gasteiger charge is -2.13. The number of carbonyl (C=O) groups is 1. The van der Waals surface area contributed by atoms with Gasteiger partial charge in [-0.05, 0) is 35.9 Å². The molecule has 0 radical (unpaired) electrons. The van der Waals surface area contributed by atoms with Crippen LogP contribution in [0.5, 0.6) is 11.5 Å². The first-order valence-corrected chi connectivity index (χ1v) is 9.39. The van der Waals surface area contributed by atoms with Gasteiger partial charge in [0.1, 0.15) is 6.61 Å².